The monoisotopic (exact) mass is 389 g/mol. The van der Waals surface area contributed by atoms with Crippen LogP contribution < -0.4 is 5.32 Å². The Kier molecular flexibility index (Phi) is 4.42. The molecule has 0 radical (unpaired) electrons. The van der Waals surface area contributed by atoms with Crippen LogP contribution >= 0.6 is 34.2 Å². The number of benzene rings is 2. The minimum absolute atomic E-state index is 0.308. The van der Waals surface area contributed by atoms with E-state index in [0.717, 1.165) is 5.56 Å². The van der Waals surface area contributed by atoms with Gasteiger partial charge in [-0.2, -0.15) is 0 Å². The maximum atomic E-state index is 13.0. The van der Waals surface area contributed by atoms with E-state index in [0.29, 0.717) is 19.8 Å². The van der Waals surface area contributed by atoms with Crippen molar-refractivity contribution < 1.29 is 9.18 Å². The molecule has 2 rings (SSSR count). The number of rotatable bonds is 2. The summed E-state index contributed by atoms with van der Waals surface area (Å²) in [5, 5.41) is 3.20. The van der Waals surface area contributed by atoms with Gasteiger partial charge in [-0.25, -0.2) is 4.39 Å². The lowest BCUT2D eigenvalue weighted by molar-refractivity contribution is 0.102. The summed E-state index contributed by atoms with van der Waals surface area (Å²) in [4.78, 5) is 12.1. The van der Waals surface area contributed by atoms with E-state index >= 15 is 0 Å². The number of anilines is 1. The molecule has 98 valence electrons. The standard InChI is InChI=1S/C14H10ClFINO/c1-8-2-5-11(15)13(6-8)18-14(19)10-4-3-9(16)7-12(10)17/h2-7H,1H3,(H,18,19). The smallest absolute Gasteiger partial charge is 0.256 e. The van der Waals surface area contributed by atoms with Crippen molar-refractivity contribution in [2.24, 2.45) is 0 Å². The first kappa shape index (κ1) is 14.3. The van der Waals surface area contributed by atoms with E-state index in [-0.39, 0.29) is 11.7 Å². The number of hydrogen-bond acceptors (Lipinski definition) is 1. The van der Waals surface area contributed by atoms with Crippen molar-refractivity contribution in [3.63, 3.8) is 0 Å². The summed E-state index contributed by atoms with van der Waals surface area (Å²) in [6.07, 6.45) is 0. The lowest BCUT2D eigenvalue weighted by Gasteiger charge is -2.09. The van der Waals surface area contributed by atoms with Gasteiger partial charge in [0.05, 0.1) is 16.3 Å². The van der Waals surface area contributed by atoms with Crippen molar-refractivity contribution in [1.82, 2.24) is 0 Å². The van der Waals surface area contributed by atoms with E-state index in [9.17, 15) is 9.18 Å². The number of amides is 1. The van der Waals surface area contributed by atoms with Gasteiger partial charge in [-0.1, -0.05) is 17.7 Å². The van der Waals surface area contributed by atoms with E-state index in [4.69, 9.17) is 11.6 Å². The van der Waals surface area contributed by atoms with Gasteiger partial charge in [0.25, 0.3) is 5.91 Å². The SMILES string of the molecule is Cc1ccc(Cl)c(NC(=O)c2ccc(F)cc2I)c1. The molecule has 0 unspecified atom stereocenters. The van der Waals surface area contributed by atoms with E-state index < -0.39 is 0 Å². The molecule has 0 aliphatic heterocycles. The summed E-state index contributed by atoms with van der Waals surface area (Å²) >= 11 is 7.94. The molecular weight excluding hydrogens is 380 g/mol. The van der Waals surface area contributed by atoms with Crippen LogP contribution in [0.1, 0.15) is 15.9 Å². The molecule has 0 spiro atoms. The molecule has 0 bridgehead atoms. The van der Waals surface area contributed by atoms with Crippen LogP contribution in [0.2, 0.25) is 5.02 Å². The Morgan fingerprint density at radius 2 is 2.00 bits per heavy atom. The summed E-state index contributed by atoms with van der Waals surface area (Å²) in [7, 11) is 0. The third kappa shape index (κ3) is 3.45. The molecule has 0 aliphatic carbocycles. The fourth-order valence-corrected chi connectivity index (χ4v) is 2.49. The van der Waals surface area contributed by atoms with Gasteiger partial charge in [0, 0.05) is 3.57 Å². The van der Waals surface area contributed by atoms with Crippen molar-refractivity contribution in [1.29, 1.82) is 0 Å². The predicted octanol–water partition coefficient (Wildman–Crippen LogP) is 4.64. The lowest BCUT2D eigenvalue weighted by Crippen LogP contribution is -2.14. The number of hydrogen-bond donors (Lipinski definition) is 1. The van der Waals surface area contributed by atoms with Gasteiger partial charge in [-0.3, -0.25) is 4.79 Å². The van der Waals surface area contributed by atoms with E-state index in [1.807, 2.05) is 35.6 Å². The van der Waals surface area contributed by atoms with Gasteiger partial charge in [0.1, 0.15) is 5.82 Å². The number of carbonyl (C=O) groups is 1. The number of aryl methyl sites for hydroxylation is 1. The fourth-order valence-electron chi connectivity index (χ4n) is 1.60. The average molecular weight is 390 g/mol. The molecule has 19 heavy (non-hydrogen) atoms. The molecule has 0 saturated heterocycles. The quantitative estimate of drug-likeness (QED) is 0.745. The third-order valence-electron chi connectivity index (χ3n) is 2.55. The second-order valence-corrected chi connectivity index (χ2v) is 5.63. The molecular formula is C14H10ClFINO. The lowest BCUT2D eigenvalue weighted by atomic mass is 10.2. The Morgan fingerprint density at radius 1 is 1.26 bits per heavy atom. The first-order chi connectivity index (χ1) is 8.97. The summed E-state index contributed by atoms with van der Waals surface area (Å²) in [6.45, 7) is 1.91. The minimum Gasteiger partial charge on any atom is -0.321 e. The Morgan fingerprint density at radius 3 is 2.68 bits per heavy atom. The predicted molar refractivity (Wildman–Crippen MR) is 83.3 cm³/mol. The van der Waals surface area contributed by atoms with E-state index in [1.54, 1.807) is 12.1 Å². The fraction of sp³-hybridized carbons (Fsp3) is 0.0714. The van der Waals surface area contributed by atoms with Crippen LogP contribution in [0.25, 0.3) is 0 Å². The van der Waals surface area contributed by atoms with Crippen molar-refractivity contribution >= 4 is 45.8 Å². The first-order valence-electron chi connectivity index (χ1n) is 5.50. The van der Waals surface area contributed by atoms with Crippen LogP contribution in [0, 0.1) is 16.3 Å². The van der Waals surface area contributed by atoms with Crippen LogP contribution in [-0.2, 0) is 0 Å². The highest BCUT2D eigenvalue weighted by Gasteiger charge is 2.12. The first-order valence-corrected chi connectivity index (χ1v) is 6.95. The second kappa shape index (κ2) is 5.88. The van der Waals surface area contributed by atoms with E-state index in [1.165, 1.54) is 18.2 Å². The van der Waals surface area contributed by atoms with Crippen LogP contribution in [0.5, 0.6) is 0 Å². The van der Waals surface area contributed by atoms with Crippen LogP contribution in [0.4, 0.5) is 10.1 Å². The second-order valence-electron chi connectivity index (χ2n) is 4.06. The summed E-state index contributed by atoms with van der Waals surface area (Å²) in [6, 6.07) is 9.40. The minimum atomic E-state index is -0.366. The molecule has 2 aromatic rings. The molecule has 0 aliphatic rings. The largest absolute Gasteiger partial charge is 0.321 e. The normalized spacial score (nSPS) is 10.3. The summed E-state index contributed by atoms with van der Waals surface area (Å²) < 4.78 is 13.6. The van der Waals surface area contributed by atoms with Crippen molar-refractivity contribution in [3.05, 3.63) is 61.9 Å². The zero-order valence-electron chi connectivity index (χ0n) is 10.0. The molecule has 1 N–H and O–H groups in total. The maximum Gasteiger partial charge on any atom is 0.256 e. The summed E-state index contributed by atoms with van der Waals surface area (Å²) in [5.41, 5.74) is 1.96. The molecule has 0 aromatic heterocycles. The van der Waals surface area contributed by atoms with Crippen LogP contribution in [-0.4, -0.2) is 5.91 Å². The molecule has 0 saturated carbocycles. The highest BCUT2D eigenvalue weighted by atomic mass is 127. The molecule has 1 amide bonds. The average Bonchev–Trinajstić information content (AvgIpc) is 2.33. The maximum absolute atomic E-state index is 13.0. The van der Waals surface area contributed by atoms with Crippen molar-refractivity contribution in [3.8, 4) is 0 Å². The molecule has 0 fully saturated rings. The van der Waals surface area contributed by atoms with Crippen molar-refractivity contribution in [2.45, 2.75) is 6.92 Å². The Balaban J connectivity index is 2.28. The highest BCUT2D eigenvalue weighted by molar-refractivity contribution is 14.1. The van der Waals surface area contributed by atoms with Gasteiger partial charge in [0.15, 0.2) is 0 Å². The molecule has 2 nitrogen and oxygen atoms in total. The zero-order chi connectivity index (χ0) is 14.0. The van der Waals surface area contributed by atoms with Crippen LogP contribution in [0.15, 0.2) is 36.4 Å². The third-order valence-corrected chi connectivity index (χ3v) is 3.77. The zero-order valence-corrected chi connectivity index (χ0v) is 12.9. The van der Waals surface area contributed by atoms with Crippen molar-refractivity contribution in [2.75, 3.05) is 5.32 Å². The van der Waals surface area contributed by atoms with Gasteiger partial charge >= 0.3 is 0 Å². The Hall–Kier alpha value is -1.14. The Bertz CT molecular complexity index is 645. The van der Waals surface area contributed by atoms with Gasteiger partial charge in [-0.05, 0) is 65.4 Å². The van der Waals surface area contributed by atoms with Gasteiger partial charge in [-0.15, -0.1) is 0 Å². The highest BCUT2D eigenvalue weighted by Crippen LogP contribution is 2.24. The number of nitrogens with one attached hydrogen (secondary N) is 1. The molecule has 5 heteroatoms. The molecule has 0 atom stereocenters. The summed E-state index contributed by atoms with van der Waals surface area (Å²) in [5.74, 6) is -0.675. The number of halogens is 3. The molecule has 2 aromatic carbocycles. The van der Waals surface area contributed by atoms with Gasteiger partial charge in [0.2, 0.25) is 0 Å². The topological polar surface area (TPSA) is 29.1 Å². The Labute approximate surface area is 129 Å². The van der Waals surface area contributed by atoms with Gasteiger partial charge < -0.3 is 5.32 Å². The molecule has 0 heterocycles. The van der Waals surface area contributed by atoms with E-state index in [2.05, 4.69) is 5.32 Å². The number of carbonyl (C=O) groups excluding carboxylic acids is 1. The van der Waals surface area contributed by atoms with Crippen LogP contribution in [0.3, 0.4) is 0 Å².